The van der Waals surface area contributed by atoms with Gasteiger partial charge in [0.15, 0.2) is 0 Å². The molecule has 0 aromatic carbocycles. The summed E-state index contributed by atoms with van der Waals surface area (Å²) in [6, 6.07) is 4.32. The van der Waals surface area contributed by atoms with Crippen LogP contribution in [0.3, 0.4) is 0 Å². The van der Waals surface area contributed by atoms with Gasteiger partial charge in [0.05, 0.1) is 11.9 Å². The second-order valence-electron chi connectivity index (χ2n) is 4.92. The lowest BCUT2D eigenvalue weighted by Crippen LogP contribution is -2.11. The standard InChI is InChI=1S/C14H17N5S2/c1-7-4-10(21-9(7)3)6-16-12-11-5-8(2)20-13(11)18-14(17-12)19-15/h4-5H,6,15H2,1-3H3,(H2,16,17,18,19). The number of fused-ring (bicyclic) bond motifs is 1. The minimum absolute atomic E-state index is 0.436. The zero-order valence-corrected chi connectivity index (χ0v) is 13.8. The van der Waals surface area contributed by atoms with E-state index in [1.807, 2.05) is 11.3 Å². The monoisotopic (exact) mass is 319 g/mol. The van der Waals surface area contributed by atoms with Crippen molar-refractivity contribution in [2.24, 2.45) is 5.84 Å². The highest BCUT2D eigenvalue weighted by Crippen LogP contribution is 2.30. The lowest BCUT2D eigenvalue weighted by Gasteiger charge is -2.07. The fourth-order valence-electron chi connectivity index (χ4n) is 2.15. The number of nitrogens with zero attached hydrogens (tertiary/aromatic N) is 2. The Morgan fingerprint density at radius 1 is 1.14 bits per heavy atom. The Bertz CT molecular complexity index is 771. The predicted octanol–water partition coefficient (Wildman–Crippen LogP) is 3.58. The second-order valence-corrected chi connectivity index (χ2v) is 7.50. The molecule has 0 amide bonds. The quantitative estimate of drug-likeness (QED) is 0.506. The van der Waals surface area contributed by atoms with E-state index in [4.69, 9.17) is 5.84 Å². The van der Waals surface area contributed by atoms with E-state index >= 15 is 0 Å². The van der Waals surface area contributed by atoms with Gasteiger partial charge in [-0.05, 0) is 38.5 Å². The summed E-state index contributed by atoms with van der Waals surface area (Å²) in [4.78, 5) is 13.6. The van der Waals surface area contributed by atoms with Gasteiger partial charge in [0.25, 0.3) is 0 Å². The molecule has 0 bridgehead atoms. The van der Waals surface area contributed by atoms with Crippen molar-refractivity contribution in [3.8, 4) is 0 Å². The van der Waals surface area contributed by atoms with Crippen molar-refractivity contribution in [2.75, 3.05) is 10.7 Å². The minimum Gasteiger partial charge on any atom is -0.364 e. The maximum absolute atomic E-state index is 5.45. The molecule has 0 radical (unpaired) electrons. The summed E-state index contributed by atoms with van der Waals surface area (Å²) >= 11 is 3.45. The second kappa shape index (κ2) is 5.59. The fourth-order valence-corrected chi connectivity index (χ4v) is 4.02. The number of aromatic nitrogens is 2. The molecule has 0 spiro atoms. The number of thiophene rings is 2. The number of nitrogens with one attached hydrogen (secondary N) is 2. The third kappa shape index (κ3) is 2.85. The summed E-state index contributed by atoms with van der Waals surface area (Å²) in [7, 11) is 0. The van der Waals surface area contributed by atoms with Crippen LogP contribution in [0.2, 0.25) is 0 Å². The molecular weight excluding hydrogens is 302 g/mol. The molecule has 7 heteroatoms. The molecule has 21 heavy (non-hydrogen) atoms. The summed E-state index contributed by atoms with van der Waals surface area (Å²) in [6.07, 6.45) is 0. The number of hydrazine groups is 1. The van der Waals surface area contributed by atoms with Gasteiger partial charge in [-0.2, -0.15) is 4.98 Å². The molecule has 110 valence electrons. The van der Waals surface area contributed by atoms with Crippen molar-refractivity contribution in [3.63, 3.8) is 0 Å². The molecule has 3 heterocycles. The number of rotatable bonds is 4. The molecule has 0 fully saturated rings. The molecular formula is C14H17N5S2. The molecule has 3 aromatic heterocycles. The average Bonchev–Trinajstić information content (AvgIpc) is 2.98. The van der Waals surface area contributed by atoms with E-state index in [-0.39, 0.29) is 0 Å². The van der Waals surface area contributed by atoms with Crippen LogP contribution in [0.5, 0.6) is 0 Å². The summed E-state index contributed by atoms with van der Waals surface area (Å²) in [5, 5.41) is 4.45. The summed E-state index contributed by atoms with van der Waals surface area (Å²) in [5.74, 6) is 6.71. The zero-order chi connectivity index (χ0) is 15.0. The van der Waals surface area contributed by atoms with Gasteiger partial charge in [0.2, 0.25) is 5.95 Å². The van der Waals surface area contributed by atoms with E-state index in [0.717, 1.165) is 22.6 Å². The topological polar surface area (TPSA) is 75.9 Å². The van der Waals surface area contributed by atoms with Crippen LogP contribution < -0.4 is 16.6 Å². The summed E-state index contributed by atoms with van der Waals surface area (Å²) in [5.41, 5.74) is 3.86. The van der Waals surface area contributed by atoms with Crippen LogP contribution >= 0.6 is 22.7 Å². The third-order valence-corrected chi connectivity index (χ3v) is 5.39. The molecule has 0 aliphatic carbocycles. The van der Waals surface area contributed by atoms with Crippen LogP contribution in [0.4, 0.5) is 11.8 Å². The Balaban J connectivity index is 1.91. The number of aryl methyl sites for hydroxylation is 3. The van der Waals surface area contributed by atoms with E-state index in [2.05, 4.69) is 53.6 Å². The Kier molecular flexibility index (Phi) is 3.79. The number of nitrogen functional groups attached to an aromatic ring is 1. The summed E-state index contributed by atoms with van der Waals surface area (Å²) in [6.45, 7) is 7.10. The van der Waals surface area contributed by atoms with Gasteiger partial charge < -0.3 is 5.32 Å². The first-order valence-electron chi connectivity index (χ1n) is 6.61. The average molecular weight is 319 g/mol. The summed E-state index contributed by atoms with van der Waals surface area (Å²) < 4.78 is 0. The first kappa shape index (κ1) is 14.2. The first-order valence-corrected chi connectivity index (χ1v) is 8.24. The number of hydrogen-bond donors (Lipinski definition) is 3. The van der Waals surface area contributed by atoms with Gasteiger partial charge in [-0.1, -0.05) is 0 Å². The van der Waals surface area contributed by atoms with Crippen molar-refractivity contribution in [1.82, 2.24) is 9.97 Å². The lowest BCUT2D eigenvalue weighted by molar-refractivity contribution is 1.11. The van der Waals surface area contributed by atoms with Crippen LogP contribution in [-0.2, 0) is 6.54 Å². The SMILES string of the molecule is Cc1cc2c(NCc3cc(C)c(C)s3)nc(NN)nc2s1. The van der Waals surface area contributed by atoms with Crippen molar-refractivity contribution >= 4 is 44.7 Å². The smallest absolute Gasteiger partial charge is 0.240 e. The van der Waals surface area contributed by atoms with Crippen LogP contribution in [0.1, 0.15) is 20.2 Å². The molecule has 0 aliphatic heterocycles. The van der Waals surface area contributed by atoms with Crippen LogP contribution in [0.25, 0.3) is 10.2 Å². The van der Waals surface area contributed by atoms with Crippen molar-refractivity contribution < 1.29 is 0 Å². The van der Waals surface area contributed by atoms with Gasteiger partial charge in [-0.25, -0.2) is 10.8 Å². The van der Waals surface area contributed by atoms with Crippen molar-refractivity contribution in [3.05, 3.63) is 32.3 Å². The van der Waals surface area contributed by atoms with Gasteiger partial charge in [-0.3, -0.25) is 5.43 Å². The van der Waals surface area contributed by atoms with Crippen LogP contribution in [0, 0.1) is 20.8 Å². The van der Waals surface area contributed by atoms with Crippen molar-refractivity contribution in [1.29, 1.82) is 0 Å². The highest BCUT2D eigenvalue weighted by atomic mass is 32.1. The molecule has 3 aromatic rings. The molecule has 4 N–H and O–H groups in total. The zero-order valence-electron chi connectivity index (χ0n) is 12.2. The van der Waals surface area contributed by atoms with Crippen LogP contribution in [-0.4, -0.2) is 9.97 Å². The molecule has 0 saturated carbocycles. The van der Waals surface area contributed by atoms with E-state index in [1.165, 1.54) is 20.2 Å². The molecule has 0 unspecified atom stereocenters. The van der Waals surface area contributed by atoms with Crippen molar-refractivity contribution in [2.45, 2.75) is 27.3 Å². The number of anilines is 2. The number of nitrogens with two attached hydrogens (primary N) is 1. The maximum atomic E-state index is 5.45. The Morgan fingerprint density at radius 3 is 2.62 bits per heavy atom. The van der Waals surface area contributed by atoms with E-state index in [1.54, 1.807) is 11.3 Å². The van der Waals surface area contributed by atoms with E-state index in [9.17, 15) is 0 Å². The normalized spacial score (nSPS) is 11.0. The molecule has 0 saturated heterocycles. The highest BCUT2D eigenvalue weighted by Gasteiger charge is 2.10. The van der Waals surface area contributed by atoms with Gasteiger partial charge in [-0.15, -0.1) is 22.7 Å². The lowest BCUT2D eigenvalue weighted by atomic mass is 10.3. The number of hydrogen-bond acceptors (Lipinski definition) is 7. The third-order valence-electron chi connectivity index (χ3n) is 3.29. The van der Waals surface area contributed by atoms with Gasteiger partial charge in [0.1, 0.15) is 10.6 Å². The first-order chi connectivity index (χ1) is 10.1. The van der Waals surface area contributed by atoms with Gasteiger partial charge in [0, 0.05) is 14.6 Å². The van der Waals surface area contributed by atoms with Crippen LogP contribution in [0.15, 0.2) is 12.1 Å². The Morgan fingerprint density at radius 2 is 1.95 bits per heavy atom. The van der Waals surface area contributed by atoms with Gasteiger partial charge >= 0.3 is 0 Å². The maximum Gasteiger partial charge on any atom is 0.240 e. The Hall–Kier alpha value is -1.70. The largest absolute Gasteiger partial charge is 0.364 e. The fraction of sp³-hybridized carbons (Fsp3) is 0.286. The molecule has 0 atom stereocenters. The molecule has 3 rings (SSSR count). The minimum atomic E-state index is 0.436. The predicted molar refractivity (Wildman–Crippen MR) is 91.1 cm³/mol. The Labute approximate surface area is 131 Å². The van der Waals surface area contributed by atoms with E-state index in [0.29, 0.717) is 5.95 Å². The van der Waals surface area contributed by atoms with E-state index < -0.39 is 0 Å². The molecule has 0 aliphatic rings. The molecule has 5 nitrogen and oxygen atoms in total. The highest BCUT2D eigenvalue weighted by molar-refractivity contribution is 7.18.